The normalized spacial score (nSPS) is 13.9. The van der Waals surface area contributed by atoms with Crippen molar-refractivity contribution in [1.29, 1.82) is 0 Å². The predicted octanol–water partition coefficient (Wildman–Crippen LogP) is 23.4. The second-order valence-corrected chi connectivity index (χ2v) is 25.8. The van der Waals surface area contributed by atoms with E-state index in [1.807, 2.05) is 21.1 Å². The van der Waals surface area contributed by atoms with Crippen LogP contribution in [0.15, 0.2) is 207 Å². The van der Waals surface area contributed by atoms with Crippen LogP contribution in [0.25, 0.3) is 0 Å². The highest BCUT2D eigenvalue weighted by Crippen LogP contribution is 2.16. The van der Waals surface area contributed by atoms with E-state index in [0.29, 0.717) is 17.4 Å². The fourth-order valence-electron chi connectivity index (χ4n) is 9.78. The van der Waals surface area contributed by atoms with Crippen LogP contribution < -0.4 is 5.11 Å². The molecule has 0 fully saturated rings. The zero-order chi connectivity index (χ0) is 70.4. The van der Waals surface area contributed by atoms with Gasteiger partial charge < -0.3 is 33.3 Å². The average molecular weight is 1340 g/mol. The molecule has 0 aromatic rings. The summed E-state index contributed by atoms with van der Waals surface area (Å²) < 4.78 is 22.8. The van der Waals surface area contributed by atoms with E-state index < -0.39 is 24.3 Å². The summed E-state index contributed by atoms with van der Waals surface area (Å²) in [4.78, 5) is 37.6. The minimum Gasteiger partial charge on any atom is -0.545 e. The van der Waals surface area contributed by atoms with Gasteiger partial charge in [-0.25, -0.2) is 0 Å². The summed E-state index contributed by atoms with van der Waals surface area (Å²) in [5, 5.41) is 11.9. The molecule has 0 N–H and O–H groups in total. The molecule has 0 rings (SSSR count). The number of unbranched alkanes of at least 4 members (excludes halogenated alkanes) is 19. The van der Waals surface area contributed by atoms with Crippen molar-refractivity contribution < 1.29 is 42.9 Å². The topological polar surface area (TPSA) is 111 Å². The third-order valence-corrected chi connectivity index (χ3v) is 15.5. The molecule has 0 heterocycles. The molecule has 0 radical (unpaired) electrons. The quantitative estimate of drug-likeness (QED) is 0.0195. The number of carboxylic acids is 1. The maximum Gasteiger partial charge on any atom is 0.306 e. The van der Waals surface area contributed by atoms with Gasteiger partial charge in [-0.15, -0.1) is 0 Å². The lowest BCUT2D eigenvalue weighted by Gasteiger charge is -2.26. The van der Waals surface area contributed by atoms with Crippen molar-refractivity contribution in [3.05, 3.63) is 207 Å². The molecule has 97 heavy (non-hydrogen) atoms. The van der Waals surface area contributed by atoms with Crippen molar-refractivity contribution in [2.24, 2.45) is 0 Å². The second-order valence-electron chi connectivity index (χ2n) is 25.8. The van der Waals surface area contributed by atoms with Gasteiger partial charge in [-0.1, -0.05) is 317 Å². The van der Waals surface area contributed by atoms with Crippen LogP contribution in [0.1, 0.15) is 271 Å². The van der Waals surface area contributed by atoms with Crippen molar-refractivity contribution >= 4 is 17.9 Å². The first-order valence-corrected chi connectivity index (χ1v) is 38.2. The second kappa shape index (κ2) is 75.6. The molecule has 0 amide bonds. The SMILES string of the molecule is CC/C=C\C/C=C\C/C=C\C/C=C\C/C=C\C/C=C\C/C=C\C/C=C\C/C=C\C/C=C\C/C=C\CCCCCC(=O)OC(COC(=O)CCCCCCCCCCCCCCCCCC/C=C\C/C=C\C/C=C\C/C=C\C/C=C\C/C=C\CC)COC(OCC[N+](C)(C)C)C(=O)[O-]. The number of hydrogen-bond acceptors (Lipinski definition) is 8. The van der Waals surface area contributed by atoms with Crippen molar-refractivity contribution in [2.45, 2.75) is 283 Å². The minimum atomic E-state index is -1.65. The largest absolute Gasteiger partial charge is 0.545 e. The van der Waals surface area contributed by atoms with E-state index in [1.54, 1.807) is 0 Å². The maximum atomic E-state index is 12.9. The molecule has 9 nitrogen and oxygen atoms in total. The summed E-state index contributed by atoms with van der Waals surface area (Å²) in [6, 6.07) is 0. The molecule has 0 aliphatic carbocycles. The van der Waals surface area contributed by atoms with Gasteiger partial charge in [0.1, 0.15) is 13.2 Å². The number of nitrogens with zero attached hydrogens (tertiary/aromatic N) is 1. The number of quaternary nitrogens is 1. The molecule has 0 saturated carbocycles. The van der Waals surface area contributed by atoms with Gasteiger partial charge in [-0.05, 0) is 148 Å². The summed E-state index contributed by atoms with van der Waals surface area (Å²) in [5.74, 6) is -2.34. The number of carboxylic acid groups (broad SMARTS) is 1. The number of ether oxygens (including phenoxy) is 4. The first-order valence-electron chi connectivity index (χ1n) is 38.2. The molecular formula is C88H139NO8. The van der Waals surface area contributed by atoms with E-state index in [-0.39, 0.29) is 38.6 Å². The molecule has 2 atom stereocenters. The molecule has 9 heteroatoms. The number of esters is 2. The predicted molar refractivity (Wildman–Crippen MR) is 416 cm³/mol. The van der Waals surface area contributed by atoms with Gasteiger partial charge in [0, 0.05) is 12.8 Å². The van der Waals surface area contributed by atoms with Crippen LogP contribution in [-0.2, 0) is 33.3 Å². The van der Waals surface area contributed by atoms with Crippen LogP contribution in [-0.4, -0.2) is 82.3 Å². The van der Waals surface area contributed by atoms with Crippen LogP contribution in [0, 0.1) is 0 Å². The average Bonchev–Trinajstić information content (AvgIpc) is 3.11. The van der Waals surface area contributed by atoms with Gasteiger partial charge >= 0.3 is 11.9 Å². The fourth-order valence-corrected chi connectivity index (χ4v) is 9.78. The number of carbonyl (C=O) groups is 3. The van der Waals surface area contributed by atoms with E-state index >= 15 is 0 Å². The van der Waals surface area contributed by atoms with Gasteiger partial charge in [-0.3, -0.25) is 9.59 Å². The molecule has 0 saturated heterocycles. The maximum absolute atomic E-state index is 12.9. The van der Waals surface area contributed by atoms with Crippen LogP contribution in [0.5, 0.6) is 0 Å². The monoisotopic (exact) mass is 1340 g/mol. The lowest BCUT2D eigenvalue weighted by Crippen LogP contribution is -2.44. The summed E-state index contributed by atoms with van der Waals surface area (Å²) in [6.45, 7) is 4.47. The Kier molecular flexibility index (Phi) is 70.9. The lowest BCUT2D eigenvalue weighted by atomic mass is 10.0. The van der Waals surface area contributed by atoms with E-state index in [0.717, 1.165) is 148 Å². The first kappa shape index (κ1) is 90.9. The summed E-state index contributed by atoms with van der Waals surface area (Å²) in [7, 11) is 5.91. The summed E-state index contributed by atoms with van der Waals surface area (Å²) in [5.41, 5.74) is 0. The van der Waals surface area contributed by atoms with Crippen LogP contribution in [0.4, 0.5) is 0 Å². The van der Waals surface area contributed by atoms with Crippen molar-refractivity contribution in [1.82, 2.24) is 0 Å². The number of allylic oxidation sites excluding steroid dienone is 34. The number of aliphatic carboxylic acids is 1. The zero-order valence-corrected chi connectivity index (χ0v) is 62.1. The molecule has 0 aromatic heterocycles. The van der Waals surface area contributed by atoms with Gasteiger partial charge in [-0.2, -0.15) is 0 Å². The number of likely N-dealkylation sites (N-methyl/N-ethyl adjacent to an activating group) is 1. The Balaban J connectivity index is 4.20. The highest BCUT2D eigenvalue weighted by molar-refractivity contribution is 5.70. The Morgan fingerprint density at radius 1 is 0.309 bits per heavy atom. The Morgan fingerprint density at radius 3 is 0.835 bits per heavy atom. The van der Waals surface area contributed by atoms with E-state index in [1.165, 1.54) is 89.9 Å². The van der Waals surface area contributed by atoms with Gasteiger partial charge in [0.25, 0.3) is 0 Å². The number of carbonyl (C=O) groups excluding carboxylic acids is 3. The number of hydrogen-bond donors (Lipinski definition) is 0. The third-order valence-electron chi connectivity index (χ3n) is 15.5. The highest BCUT2D eigenvalue weighted by Gasteiger charge is 2.22. The van der Waals surface area contributed by atoms with Gasteiger partial charge in [0.2, 0.25) is 0 Å². The summed E-state index contributed by atoms with van der Waals surface area (Å²) in [6.07, 6.45) is 115. The van der Waals surface area contributed by atoms with Crippen LogP contribution in [0.2, 0.25) is 0 Å². The smallest absolute Gasteiger partial charge is 0.306 e. The lowest BCUT2D eigenvalue weighted by molar-refractivity contribution is -0.870. The molecule has 0 spiro atoms. The Bertz CT molecular complexity index is 2350. The highest BCUT2D eigenvalue weighted by atomic mass is 16.7. The Hall–Kier alpha value is -6.13. The molecule has 544 valence electrons. The molecule has 0 aliphatic heterocycles. The molecule has 0 aromatic carbocycles. The molecule has 0 bridgehead atoms. The first-order chi connectivity index (χ1) is 47.6. The van der Waals surface area contributed by atoms with Crippen molar-refractivity contribution in [3.8, 4) is 0 Å². The van der Waals surface area contributed by atoms with E-state index in [9.17, 15) is 19.5 Å². The van der Waals surface area contributed by atoms with Crippen LogP contribution in [0.3, 0.4) is 0 Å². The Morgan fingerprint density at radius 2 is 0.557 bits per heavy atom. The Labute approximate surface area is 594 Å². The van der Waals surface area contributed by atoms with E-state index in [2.05, 4.69) is 220 Å². The summed E-state index contributed by atoms with van der Waals surface area (Å²) >= 11 is 0. The van der Waals surface area contributed by atoms with Gasteiger partial charge in [0.05, 0.1) is 40.3 Å². The zero-order valence-electron chi connectivity index (χ0n) is 62.1. The van der Waals surface area contributed by atoms with E-state index in [4.69, 9.17) is 18.9 Å². The van der Waals surface area contributed by atoms with Gasteiger partial charge in [0.15, 0.2) is 12.4 Å². The fraction of sp³-hybridized carbons (Fsp3) is 0.580. The number of rotatable bonds is 68. The van der Waals surface area contributed by atoms with Crippen LogP contribution >= 0.6 is 0 Å². The molecule has 0 aliphatic rings. The van der Waals surface area contributed by atoms with Crippen molar-refractivity contribution in [3.63, 3.8) is 0 Å². The standard InChI is InChI=1S/C88H139NO8/c1-6-8-10-12-14-16-18-20-22-24-26-28-30-32-34-36-38-40-42-43-45-47-49-51-53-55-57-59-61-63-65-67-69-71-73-75-77-79-86(91)97-84(83-96-88(87(92)93)94-81-80-89(3,4)5)82-95-85(90)78-76-74-72-70-68-66-64-62-60-58-56-54-52-50-48-46-44-41-39-37-35-33-31-29-27-25-23-21-19-17-15-13-11-9-7-2/h8-11,14-17,20-23,26-29,32-35,38-41,43,45,49,51,55,57,61,63,67,69,84,88H,6-7,12-13,18-19,24-25,30-31,36-37,42,44,46-48,50,52-54,56,58-60,62,64-66,68,70-83H2,1-5H3/b10-8-,11-9-,16-14-,17-15-,22-20-,23-21-,28-26-,29-27-,34-32-,35-33-,40-38-,41-39-,45-43-,51-49-,57-55-,63-61-,69-67-. The molecule has 2 unspecified atom stereocenters. The minimum absolute atomic E-state index is 0.131. The molecular weight excluding hydrogens is 1200 g/mol. The van der Waals surface area contributed by atoms with Crippen molar-refractivity contribution in [2.75, 3.05) is 47.5 Å². The third kappa shape index (κ3) is 77.1.